The summed E-state index contributed by atoms with van der Waals surface area (Å²) in [5, 5.41) is 0. The number of hydrogen-bond acceptors (Lipinski definition) is 2. The van der Waals surface area contributed by atoms with Crippen molar-refractivity contribution in [1.82, 2.24) is 9.97 Å². The van der Waals surface area contributed by atoms with E-state index in [1.165, 1.54) is 11.1 Å². The SMILES string of the molecule is O=Cc1[nH]cnc1Cc1ccc(-c2ccc(Br)cc2)cc1. The van der Waals surface area contributed by atoms with Crippen LogP contribution in [0.3, 0.4) is 0 Å². The molecule has 3 aromatic rings. The van der Waals surface area contributed by atoms with E-state index in [2.05, 4.69) is 62.3 Å². The maximum absolute atomic E-state index is 10.9. The molecule has 0 fully saturated rings. The number of hydrogen-bond donors (Lipinski definition) is 1. The zero-order chi connectivity index (χ0) is 14.7. The third-order valence-corrected chi connectivity index (χ3v) is 3.90. The summed E-state index contributed by atoms with van der Waals surface area (Å²) >= 11 is 3.44. The number of benzene rings is 2. The van der Waals surface area contributed by atoms with E-state index in [0.717, 1.165) is 22.0 Å². The molecule has 0 bridgehead atoms. The molecule has 0 aliphatic rings. The smallest absolute Gasteiger partial charge is 0.168 e. The number of imidazole rings is 1. The fourth-order valence-electron chi connectivity index (χ4n) is 2.23. The minimum atomic E-state index is 0.548. The van der Waals surface area contributed by atoms with Crippen molar-refractivity contribution in [3.63, 3.8) is 0 Å². The average Bonchev–Trinajstić information content (AvgIpc) is 2.96. The predicted molar refractivity (Wildman–Crippen MR) is 86.4 cm³/mol. The molecular formula is C17H13BrN2O. The second-order valence-corrected chi connectivity index (χ2v) is 5.68. The van der Waals surface area contributed by atoms with Gasteiger partial charge in [0, 0.05) is 10.9 Å². The number of H-pyrrole nitrogens is 1. The van der Waals surface area contributed by atoms with Crippen LogP contribution in [0.25, 0.3) is 11.1 Å². The van der Waals surface area contributed by atoms with Crippen molar-refractivity contribution in [1.29, 1.82) is 0 Å². The molecular weight excluding hydrogens is 328 g/mol. The molecule has 1 N–H and O–H groups in total. The molecule has 0 unspecified atom stereocenters. The first kappa shape index (κ1) is 13.8. The Bertz CT molecular complexity index is 745. The summed E-state index contributed by atoms with van der Waals surface area (Å²) in [7, 11) is 0. The van der Waals surface area contributed by atoms with E-state index in [1.807, 2.05) is 12.1 Å². The number of aromatic amines is 1. The van der Waals surface area contributed by atoms with Gasteiger partial charge in [-0.2, -0.15) is 0 Å². The second kappa shape index (κ2) is 6.06. The lowest BCUT2D eigenvalue weighted by molar-refractivity contribution is 0.111. The van der Waals surface area contributed by atoms with Crippen molar-refractivity contribution >= 4 is 22.2 Å². The Morgan fingerprint density at radius 2 is 1.62 bits per heavy atom. The van der Waals surface area contributed by atoms with Crippen molar-refractivity contribution < 1.29 is 4.79 Å². The van der Waals surface area contributed by atoms with Crippen molar-refractivity contribution in [2.24, 2.45) is 0 Å². The molecule has 104 valence electrons. The Balaban J connectivity index is 1.81. The molecule has 2 aromatic carbocycles. The molecule has 0 atom stereocenters. The number of nitrogens with one attached hydrogen (secondary N) is 1. The number of carbonyl (C=O) groups excluding carboxylic acids is 1. The molecule has 0 radical (unpaired) electrons. The first-order chi connectivity index (χ1) is 10.3. The Hall–Kier alpha value is -2.20. The Kier molecular flexibility index (Phi) is 3.97. The lowest BCUT2D eigenvalue weighted by atomic mass is 10.0. The lowest BCUT2D eigenvalue weighted by Gasteiger charge is -2.04. The van der Waals surface area contributed by atoms with Crippen LogP contribution < -0.4 is 0 Å². The van der Waals surface area contributed by atoms with Gasteiger partial charge in [-0.3, -0.25) is 4.79 Å². The first-order valence-corrected chi connectivity index (χ1v) is 7.38. The van der Waals surface area contributed by atoms with Crippen LogP contribution in [-0.2, 0) is 6.42 Å². The zero-order valence-electron chi connectivity index (χ0n) is 11.2. The fourth-order valence-corrected chi connectivity index (χ4v) is 2.49. The maximum atomic E-state index is 10.9. The molecule has 3 rings (SSSR count). The highest BCUT2D eigenvalue weighted by atomic mass is 79.9. The standard InChI is InChI=1S/C17H13BrN2O/c18-15-7-5-14(6-8-15)13-3-1-12(2-4-13)9-16-17(10-21)20-11-19-16/h1-8,10-11H,9H2,(H,19,20). The van der Waals surface area contributed by atoms with E-state index in [1.54, 1.807) is 6.33 Å². The van der Waals surface area contributed by atoms with Gasteiger partial charge in [-0.15, -0.1) is 0 Å². The molecule has 21 heavy (non-hydrogen) atoms. The van der Waals surface area contributed by atoms with E-state index in [9.17, 15) is 4.79 Å². The highest BCUT2D eigenvalue weighted by Gasteiger charge is 2.06. The van der Waals surface area contributed by atoms with Crippen LogP contribution in [0, 0.1) is 0 Å². The van der Waals surface area contributed by atoms with E-state index >= 15 is 0 Å². The molecule has 0 aliphatic heterocycles. The van der Waals surface area contributed by atoms with Gasteiger partial charge in [0.1, 0.15) is 5.69 Å². The van der Waals surface area contributed by atoms with Crippen LogP contribution in [0.2, 0.25) is 0 Å². The molecule has 0 amide bonds. The quantitative estimate of drug-likeness (QED) is 0.722. The molecule has 4 heteroatoms. The van der Waals surface area contributed by atoms with Crippen molar-refractivity contribution in [3.05, 3.63) is 76.3 Å². The summed E-state index contributed by atoms with van der Waals surface area (Å²) in [6, 6.07) is 16.5. The van der Waals surface area contributed by atoms with Gasteiger partial charge < -0.3 is 4.98 Å². The lowest BCUT2D eigenvalue weighted by Crippen LogP contribution is -1.93. The van der Waals surface area contributed by atoms with E-state index in [0.29, 0.717) is 12.1 Å². The molecule has 3 nitrogen and oxygen atoms in total. The molecule has 0 saturated heterocycles. The van der Waals surface area contributed by atoms with Gasteiger partial charge in [-0.25, -0.2) is 4.98 Å². The molecule has 0 spiro atoms. The fraction of sp³-hybridized carbons (Fsp3) is 0.0588. The van der Waals surface area contributed by atoms with Gasteiger partial charge in [0.25, 0.3) is 0 Å². The van der Waals surface area contributed by atoms with Crippen LogP contribution >= 0.6 is 15.9 Å². The van der Waals surface area contributed by atoms with Gasteiger partial charge in [-0.05, 0) is 28.8 Å². The Morgan fingerprint density at radius 1 is 1.00 bits per heavy atom. The van der Waals surface area contributed by atoms with E-state index in [4.69, 9.17) is 0 Å². The number of halogens is 1. The number of aldehydes is 1. The predicted octanol–water partition coefficient (Wildman–Crippen LogP) is 4.24. The zero-order valence-corrected chi connectivity index (χ0v) is 12.8. The molecule has 0 saturated carbocycles. The summed E-state index contributed by atoms with van der Waals surface area (Å²) in [5.74, 6) is 0. The van der Waals surface area contributed by atoms with Gasteiger partial charge >= 0.3 is 0 Å². The largest absolute Gasteiger partial charge is 0.342 e. The number of carbonyl (C=O) groups is 1. The Morgan fingerprint density at radius 3 is 2.24 bits per heavy atom. The highest BCUT2D eigenvalue weighted by Crippen LogP contribution is 2.22. The number of rotatable bonds is 4. The minimum absolute atomic E-state index is 0.548. The van der Waals surface area contributed by atoms with Crippen LogP contribution in [-0.4, -0.2) is 16.3 Å². The number of nitrogens with zero attached hydrogens (tertiary/aromatic N) is 1. The number of aromatic nitrogens is 2. The minimum Gasteiger partial charge on any atom is -0.342 e. The Labute approximate surface area is 131 Å². The summed E-state index contributed by atoms with van der Waals surface area (Å²) in [6.45, 7) is 0. The summed E-state index contributed by atoms with van der Waals surface area (Å²) < 4.78 is 1.07. The van der Waals surface area contributed by atoms with Crippen molar-refractivity contribution in [2.45, 2.75) is 6.42 Å². The molecule has 0 aliphatic carbocycles. The van der Waals surface area contributed by atoms with Crippen molar-refractivity contribution in [2.75, 3.05) is 0 Å². The third-order valence-electron chi connectivity index (χ3n) is 3.37. The van der Waals surface area contributed by atoms with E-state index < -0.39 is 0 Å². The first-order valence-electron chi connectivity index (χ1n) is 6.58. The van der Waals surface area contributed by atoms with Crippen LogP contribution in [0.4, 0.5) is 0 Å². The third kappa shape index (κ3) is 3.11. The monoisotopic (exact) mass is 340 g/mol. The second-order valence-electron chi connectivity index (χ2n) is 4.76. The van der Waals surface area contributed by atoms with Crippen molar-refractivity contribution in [3.8, 4) is 11.1 Å². The molecule has 1 aromatic heterocycles. The highest BCUT2D eigenvalue weighted by molar-refractivity contribution is 9.10. The maximum Gasteiger partial charge on any atom is 0.168 e. The van der Waals surface area contributed by atoms with Gasteiger partial charge in [0.2, 0.25) is 0 Å². The summed E-state index contributed by atoms with van der Waals surface area (Å²) in [6.07, 6.45) is 3.01. The van der Waals surface area contributed by atoms with E-state index in [-0.39, 0.29) is 0 Å². The van der Waals surface area contributed by atoms with Gasteiger partial charge in [-0.1, -0.05) is 52.3 Å². The van der Waals surface area contributed by atoms with Crippen LogP contribution in [0.5, 0.6) is 0 Å². The summed E-state index contributed by atoms with van der Waals surface area (Å²) in [5.41, 5.74) is 4.81. The molecule has 1 heterocycles. The van der Waals surface area contributed by atoms with Crippen LogP contribution in [0.15, 0.2) is 59.3 Å². The van der Waals surface area contributed by atoms with Gasteiger partial charge in [0.15, 0.2) is 6.29 Å². The topological polar surface area (TPSA) is 45.8 Å². The van der Waals surface area contributed by atoms with Gasteiger partial charge in [0.05, 0.1) is 12.0 Å². The summed E-state index contributed by atoms with van der Waals surface area (Å²) in [4.78, 5) is 17.9. The average molecular weight is 341 g/mol. The normalized spacial score (nSPS) is 10.5. The van der Waals surface area contributed by atoms with Crippen LogP contribution in [0.1, 0.15) is 21.7 Å².